The van der Waals surface area contributed by atoms with Crippen LogP contribution in [0.2, 0.25) is 10.0 Å². The predicted molar refractivity (Wildman–Crippen MR) is 90.1 cm³/mol. The van der Waals surface area contributed by atoms with Gasteiger partial charge in [-0.1, -0.05) is 23.2 Å². The molecule has 0 saturated carbocycles. The maximum Gasteiger partial charge on any atom is 0.272 e. The Bertz CT molecular complexity index is 804. The number of hydrazone groups is 1. The fourth-order valence-corrected chi connectivity index (χ4v) is 2.61. The van der Waals surface area contributed by atoms with E-state index < -0.39 is 0 Å². The molecule has 0 saturated heterocycles. The third kappa shape index (κ3) is 3.70. The van der Waals surface area contributed by atoms with Gasteiger partial charge in [-0.05, 0) is 30.3 Å². The van der Waals surface area contributed by atoms with E-state index in [2.05, 4.69) is 15.5 Å². The number of nitrogens with zero attached hydrogens (tertiary/aromatic N) is 2. The van der Waals surface area contributed by atoms with Crippen LogP contribution in [0, 0.1) is 0 Å². The van der Waals surface area contributed by atoms with E-state index in [1.807, 2.05) is 6.08 Å². The number of nitrogens with one attached hydrogen (secondary N) is 1. The van der Waals surface area contributed by atoms with Crippen LogP contribution in [-0.4, -0.2) is 23.7 Å². The molecule has 0 radical (unpaired) electrons. The topological polar surface area (TPSA) is 63.6 Å². The van der Waals surface area contributed by atoms with E-state index in [1.165, 1.54) is 12.4 Å². The summed E-state index contributed by atoms with van der Waals surface area (Å²) in [6.45, 7) is 0.306. The van der Waals surface area contributed by atoms with Crippen molar-refractivity contribution in [3.8, 4) is 5.75 Å². The molecule has 3 rings (SSSR count). The molecule has 0 fully saturated rings. The summed E-state index contributed by atoms with van der Waals surface area (Å²) in [5.41, 5.74) is 4.42. The van der Waals surface area contributed by atoms with Crippen LogP contribution < -0.4 is 10.2 Å². The van der Waals surface area contributed by atoms with Gasteiger partial charge in [0.15, 0.2) is 0 Å². The molecule has 0 atom stereocenters. The lowest BCUT2D eigenvalue weighted by atomic mass is 10.1. The molecule has 0 aliphatic carbocycles. The SMILES string of the molecule is O=C(N/N=C/C1=Cc2cc(Cl)cc(Cl)c2OC1)c1cccnc1. The van der Waals surface area contributed by atoms with Crippen molar-refractivity contribution in [3.63, 3.8) is 0 Å². The largest absolute Gasteiger partial charge is 0.487 e. The average Bonchev–Trinajstić information content (AvgIpc) is 2.55. The lowest BCUT2D eigenvalue weighted by Gasteiger charge is -2.17. The Morgan fingerprint density at radius 1 is 1.39 bits per heavy atom. The number of benzene rings is 1. The molecule has 2 heterocycles. The standard InChI is InChI=1S/C16H11Cl2N3O2/c17-13-5-12-4-10(9-23-15(12)14(18)6-13)7-20-21-16(22)11-2-1-3-19-8-11/h1-8H,9H2,(H,21,22)/b20-7+. The number of hydrogen-bond donors (Lipinski definition) is 1. The molecule has 7 heteroatoms. The van der Waals surface area contributed by atoms with Gasteiger partial charge in [-0.3, -0.25) is 9.78 Å². The van der Waals surface area contributed by atoms with Crippen molar-refractivity contribution in [1.82, 2.24) is 10.4 Å². The second-order valence-corrected chi connectivity index (χ2v) is 5.60. The smallest absolute Gasteiger partial charge is 0.272 e. The highest BCUT2D eigenvalue weighted by Crippen LogP contribution is 2.36. The van der Waals surface area contributed by atoms with Gasteiger partial charge in [0.1, 0.15) is 12.4 Å². The lowest BCUT2D eigenvalue weighted by Crippen LogP contribution is -2.18. The first-order valence-corrected chi connectivity index (χ1v) is 7.45. The Hall–Kier alpha value is -2.37. The Morgan fingerprint density at radius 3 is 3.04 bits per heavy atom. The number of halogens is 2. The zero-order valence-corrected chi connectivity index (χ0v) is 13.3. The molecule has 0 bridgehead atoms. The Morgan fingerprint density at radius 2 is 2.26 bits per heavy atom. The van der Waals surface area contributed by atoms with Crippen molar-refractivity contribution in [1.29, 1.82) is 0 Å². The van der Waals surface area contributed by atoms with Crippen molar-refractivity contribution in [2.75, 3.05) is 6.61 Å². The molecule has 1 aliphatic heterocycles. The summed E-state index contributed by atoms with van der Waals surface area (Å²) in [4.78, 5) is 15.7. The van der Waals surface area contributed by atoms with E-state index in [0.29, 0.717) is 28.0 Å². The van der Waals surface area contributed by atoms with Crippen LogP contribution in [0.25, 0.3) is 6.08 Å². The van der Waals surface area contributed by atoms with Gasteiger partial charge in [0.25, 0.3) is 5.91 Å². The van der Waals surface area contributed by atoms with Crippen LogP contribution in [0.1, 0.15) is 15.9 Å². The lowest BCUT2D eigenvalue weighted by molar-refractivity contribution is 0.0954. The van der Waals surface area contributed by atoms with E-state index in [-0.39, 0.29) is 5.91 Å². The molecule has 0 spiro atoms. The van der Waals surface area contributed by atoms with Crippen LogP contribution in [0.4, 0.5) is 0 Å². The van der Waals surface area contributed by atoms with E-state index in [9.17, 15) is 4.79 Å². The van der Waals surface area contributed by atoms with Gasteiger partial charge in [0.05, 0.1) is 16.8 Å². The number of amides is 1. The highest BCUT2D eigenvalue weighted by molar-refractivity contribution is 6.36. The third-order valence-corrected chi connectivity index (χ3v) is 3.58. The molecule has 2 aromatic rings. The van der Waals surface area contributed by atoms with Gasteiger partial charge in [0, 0.05) is 28.6 Å². The van der Waals surface area contributed by atoms with Crippen LogP contribution in [0.5, 0.6) is 5.75 Å². The maximum atomic E-state index is 11.8. The Kier molecular flexibility index (Phi) is 4.60. The number of aromatic nitrogens is 1. The van der Waals surface area contributed by atoms with Crippen LogP contribution >= 0.6 is 23.2 Å². The van der Waals surface area contributed by atoms with Gasteiger partial charge in [-0.15, -0.1) is 0 Å². The van der Waals surface area contributed by atoms with E-state index in [1.54, 1.807) is 30.5 Å². The van der Waals surface area contributed by atoms with Crippen molar-refractivity contribution in [3.05, 3.63) is 63.4 Å². The predicted octanol–water partition coefficient (Wildman–Crippen LogP) is 3.58. The van der Waals surface area contributed by atoms with E-state index >= 15 is 0 Å². The van der Waals surface area contributed by atoms with Crippen molar-refractivity contribution in [2.45, 2.75) is 0 Å². The Balaban J connectivity index is 1.71. The number of pyridine rings is 1. The van der Waals surface area contributed by atoms with Gasteiger partial charge in [-0.2, -0.15) is 5.10 Å². The number of carbonyl (C=O) groups excluding carboxylic acids is 1. The molecule has 0 unspecified atom stereocenters. The molecule has 1 N–H and O–H groups in total. The van der Waals surface area contributed by atoms with Crippen LogP contribution in [0.3, 0.4) is 0 Å². The first-order chi connectivity index (χ1) is 11.1. The molecule has 116 valence electrons. The fraction of sp³-hybridized carbons (Fsp3) is 0.0625. The highest BCUT2D eigenvalue weighted by Gasteiger charge is 2.15. The third-order valence-electron chi connectivity index (χ3n) is 3.08. The summed E-state index contributed by atoms with van der Waals surface area (Å²) in [6, 6.07) is 6.72. The van der Waals surface area contributed by atoms with Gasteiger partial charge in [0.2, 0.25) is 0 Å². The molecule has 1 aromatic heterocycles. The normalized spacial score (nSPS) is 13.2. The minimum Gasteiger partial charge on any atom is -0.487 e. The first-order valence-electron chi connectivity index (χ1n) is 6.69. The number of ether oxygens (including phenoxy) is 1. The van der Waals surface area contributed by atoms with Crippen molar-refractivity contribution < 1.29 is 9.53 Å². The number of carbonyl (C=O) groups is 1. The fourth-order valence-electron chi connectivity index (χ4n) is 2.05. The van der Waals surface area contributed by atoms with Crippen molar-refractivity contribution >= 4 is 41.4 Å². The quantitative estimate of drug-likeness (QED) is 0.681. The number of fused-ring (bicyclic) bond motifs is 1. The molecule has 23 heavy (non-hydrogen) atoms. The van der Waals surface area contributed by atoms with Gasteiger partial charge >= 0.3 is 0 Å². The maximum absolute atomic E-state index is 11.8. The van der Waals surface area contributed by atoms with Crippen molar-refractivity contribution in [2.24, 2.45) is 5.10 Å². The molecule has 5 nitrogen and oxygen atoms in total. The minimum absolute atomic E-state index is 0.306. The summed E-state index contributed by atoms with van der Waals surface area (Å²) >= 11 is 12.1. The van der Waals surface area contributed by atoms with E-state index in [4.69, 9.17) is 27.9 Å². The highest BCUT2D eigenvalue weighted by atomic mass is 35.5. The second-order valence-electron chi connectivity index (χ2n) is 4.75. The molecule has 1 aliphatic rings. The zero-order valence-electron chi connectivity index (χ0n) is 11.8. The molecular weight excluding hydrogens is 337 g/mol. The van der Waals surface area contributed by atoms with Crippen LogP contribution in [-0.2, 0) is 0 Å². The molecule has 1 amide bonds. The summed E-state index contributed by atoms with van der Waals surface area (Å²) < 4.78 is 5.59. The van der Waals surface area contributed by atoms with Crippen LogP contribution in [0.15, 0.2) is 47.3 Å². The molecular formula is C16H11Cl2N3O2. The minimum atomic E-state index is -0.335. The summed E-state index contributed by atoms with van der Waals surface area (Å²) in [5, 5.41) is 4.91. The first kappa shape index (κ1) is 15.5. The summed E-state index contributed by atoms with van der Waals surface area (Å²) in [6.07, 6.45) is 6.44. The summed E-state index contributed by atoms with van der Waals surface area (Å²) in [7, 11) is 0. The number of rotatable bonds is 3. The van der Waals surface area contributed by atoms with E-state index in [0.717, 1.165) is 11.1 Å². The molecule has 1 aromatic carbocycles. The zero-order chi connectivity index (χ0) is 16.2. The Labute approximate surface area is 142 Å². The second kappa shape index (κ2) is 6.81. The van der Waals surface area contributed by atoms with Gasteiger partial charge < -0.3 is 4.74 Å². The average molecular weight is 348 g/mol. The van der Waals surface area contributed by atoms with Gasteiger partial charge in [-0.25, -0.2) is 5.43 Å². The monoisotopic (exact) mass is 347 g/mol. The number of hydrogen-bond acceptors (Lipinski definition) is 4. The summed E-state index contributed by atoms with van der Waals surface area (Å²) in [5.74, 6) is 0.255.